The number of guanidine groups is 1. The van der Waals surface area contributed by atoms with Crippen LogP contribution in [-0.4, -0.2) is 64.0 Å². The van der Waals surface area contributed by atoms with Crippen LogP contribution in [0.15, 0.2) is 4.99 Å². The Balaban J connectivity index is 0. The van der Waals surface area contributed by atoms with Crippen molar-refractivity contribution in [1.29, 1.82) is 0 Å². The number of carbonyl (C=O) groups is 1. The van der Waals surface area contributed by atoms with Gasteiger partial charge in [-0.25, -0.2) is 17.9 Å². The minimum absolute atomic E-state index is 0. The Bertz CT molecular complexity index is 574. The van der Waals surface area contributed by atoms with Crippen LogP contribution in [0.4, 0.5) is 4.79 Å². The van der Waals surface area contributed by atoms with Gasteiger partial charge in [-0.15, -0.1) is 24.0 Å². The first-order valence-electron chi connectivity index (χ1n) is 8.72. The maximum absolute atomic E-state index is 11.5. The van der Waals surface area contributed by atoms with Crippen LogP contribution >= 0.6 is 24.0 Å². The highest BCUT2D eigenvalue weighted by Gasteiger charge is 2.21. The average molecular weight is 521 g/mol. The summed E-state index contributed by atoms with van der Waals surface area (Å²) in [6, 6.07) is 0. The Hall–Kier alpha value is -0.820. The molecule has 162 valence electrons. The first kappa shape index (κ1) is 28.4. The highest BCUT2D eigenvalue weighted by molar-refractivity contribution is 14.0. The molecule has 9 nitrogen and oxygen atoms in total. The lowest BCUT2D eigenvalue weighted by molar-refractivity contribution is 0.0527. The fraction of sp³-hybridized carbons (Fsp3) is 0.875. The molecule has 0 spiro atoms. The number of ether oxygens (including phenoxy) is 1. The summed E-state index contributed by atoms with van der Waals surface area (Å²) in [5.41, 5.74) is -1.20. The molecule has 0 aliphatic rings. The van der Waals surface area contributed by atoms with Crippen molar-refractivity contribution in [3.8, 4) is 0 Å². The molecular weight excluding hydrogens is 485 g/mol. The monoisotopic (exact) mass is 521 g/mol. The van der Waals surface area contributed by atoms with E-state index in [0.717, 1.165) is 6.26 Å². The van der Waals surface area contributed by atoms with Crippen molar-refractivity contribution in [2.24, 2.45) is 4.99 Å². The topological polar surface area (TPSA) is 121 Å². The molecule has 0 fully saturated rings. The van der Waals surface area contributed by atoms with Crippen LogP contribution in [0.3, 0.4) is 0 Å². The number of amides is 1. The summed E-state index contributed by atoms with van der Waals surface area (Å²) in [5.74, 6) is 0.591. The second kappa shape index (κ2) is 12.6. The molecule has 0 saturated carbocycles. The standard InChI is InChI=1S/C16H35N5O4S.HI/c1-8-17-13(20-12-16(5,6)21-26(7,23)24)18-10-9-11-19-14(22)25-15(2,3)4;/h21H,8-12H2,1-7H3,(H,19,22)(H2,17,18,20);1H. The highest BCUT2D eigenvalue weighted by Crippen LogP contribution is 2.06. The lowest BCUT2D eigenvalue weighted by atomic mass is 10.1. The smallest absolute Gasteiger partial charge is 0.407 e. The number of hydrogen-bond donors (Lipinski definition) is 4. The van der Waals surface area contributed by atoms with Crippen LogP contribution in [0.1, 0.15) is 48.0 Å². The zero-order valence-electron chi connectivity index (χ0n) is 17.4. The average Bonchev–Trinajstić information content (AvgIpc) is 2.39. The molecule has 4 N–H and O–H groups in total. The summed E-state index contributed by atoms with van der Waals surface area (Å²) >= 11 is 0. The predicted octanol–water partition coefficient (Wildman–Crippen LogP) is 1.40. The number of rotatable bonds is 9. The zero-order valence-corrected chi connectivity index (χ0v) is 20.6. The molecule has 0 aromatic heterocycles. The van der Waals surface area contributed by atoms with Crippen molar-refractivity contribution in [2.75, 3.05) is 32.4 Å². The molecule has 0 aromatic rings. The Morgan fingerprint density at radius 2 is 1.59 bits per heavy atom. The van der Waals surface area contributed by atoms with E-state index in [9.17, 15) is 13.2 Å². The maximum Gasteiger partial charge on any atom is 0.407 e. The van der Waals surface area contributed by atoms with Crippen LogP contribution in [-0.2, 0) is 14.8 Å². The first-order valence-corrected chi connectivity index (χ1v) is 10.6. The van der Waals surface area contributed by atoms with E-state index in [1.165, 1.54) is 0 Å². The number of hydrogen-bond acceptors (Lipinski definition) is 5. The van der Waals surface area contributed by atoms with Crippen LogP contribution in [0, 0.1) is 0 Å². The summed E-state index contributed by atoms with van der Waals surface area (Å²) < 4.78 is 30.4. The molecule has 0 radical (unpaired) electrons. The summed E-state index contributed by atoms with van der Waals surface area (Å²) in [4.78, 5) is 15.9. The van der Waals surface area contributed by atoms with E-state index < -0.39 is 27.3 Å². The van der Waals surface area contributed by atoms with Crippen LogP contribution in [0.25, 0.3) is 0 Å². The summed E-state index contributed by atoms with van der Waals surface area (Å²) in [7, 11) is -3.30. The molecule has 0 aliphatic carbocycles. The first-order chi connectivity index (χ1) is 11.7. The van der Waals surface area contributed by atoms with E-state index in [-0.39, 0.29) is 30.5 Å². The molecule has 11 heteroatoms. The number of nitrogens with one attached hydrogen (secondary N) is 4. The van der Waals surface area contributed by atoms with Gasteiger partial charge in [0.1, 0.15) is 5.60 Å². The normalized spacial score (nSPS) is 12.8. The minimum Gasteiger partial charge on any atom is -0.444 e. The van der Waals surface area contributed by atoms with Crippen molar-refractivity contribution < 1.29 is 17.9 Å². The quantitative estimate of drug-likeness (QED) is 0.158. The number of sulfonamides is 1. The molecule has 0 bridgehead atoms. The molecule has 0 saturated heterocycles. The highest BCUT2D eigenvalue weighted by atomic mass is 127. The van der Waals surface area contributed by atoms with E-state index in [1.807, 2.05) is 27.7 Å². The number of aliphatic imine (C=N–C) groups is 1. The zero-order chi connectivity index (χ0) is 20.4. The molecule has 0 aliphatic heterocycles. The Kier molecular flexibility index (Phi) is 13.3. The predicted molar refractivity (Wildman–Crippen MR) is 120 cm³/mol. The maximum atomic E-state index is 11.5. The van der Waals surface area contributed by atoms with Crippen molar-refractivity contribution >= 4 is 46.1 Å². The van der Waals surface area contributed by atoms with Gasteiger partial charge < -0.3 is 20.7 Å². The van der Waals surface area contributed by atoms with Gasteiger partial charge in [-0.1, -0.05) is 0 Å². The van der Waals surface area contributed by atoms with E-state index in [2.05, 4.69) is 25.7 Å². The summed E-state index contributed by atoms with van der Waals surface area (Å²) in [6.07, 6.45) is 1.38. The molecule has 0 unspecified atom stereocenters. The third-order valence-electron chi connectivity index (χ3n) is 2.75. The number of carbonyl (C=O) groups excluding carboxylic acids is 1. The van der Waals surface area contributed by atoms with Crippen molar-refractivity contribution in [2.45, 2.75) is 59.1 Å². The van der Waals surface area contributed by atoms with Gasteiger partial charge in [0.05, 0.1) is 12.8 Å². The minimum atomic E-state index is -3.30. The van der Waals surface area contributed by atoms with E-state index in [1.54, 1.807) is 13.8 Å². The largest absolute Gasteiger partial charge is 0.444 e. The summed E-state index contributed by atoms with van der Waals surface area (Å²) in [5, 5.41) is 8.93. The lowest BCUT2D eigenvalue weighted by Crippen LogP contribution is -2.47. The van der Waals surface area contributed by atoms with Gasteiger partial charge in [-0.05, 0) is 48.0 Å². The van der Waals surface area contributed by atoms with Crippen molar-refractivity contribution in [1.82, 2.24) is 20.7 Å². The third-order valence-corrected chi connectivity index (χ3v) is 3.68. The third kappa shape index (κ3) is 18.3. The molecule has 0 atom stereocenters. The van der Waals surface area contributed by atoms with Gasteiger partial charge in [0.25, 0.3) is 0 Å². The van der Waals surface area contributed by atoms with Gasteiger partial charge in [0, 0.05) is 25.2 Å². The number of alkyl carbamates (subject to hydrolysis) is 1. The summed E-state index contributed by atoms with van der Waals surface area (Å²) in [6.45, 7) is 13.0. The molecule has 1 amide bonds. The van der Waals surface area contributed by atoms with Crippen molar-refractivity contribution in [3.05, 3.63) is 0 Å². The van der Waals surface area contributed by atoms with Crippen molar-refractivity contribution in [3.63, 3.8) is 0 Å². The van der Waals surface area contributed by atoms with Crippen LogP contribution in [0.5, 0.6) is 0 Å². The SMILES string of the molecule is CCNC(=NCC(C)(C)NS(C)(=O)=O)NCCCNC(=O)OC(C)(C)C.I. The second-order valence-corrected chi connectivity index (χ2v) is 9.41. The van der Waals surface area contributed by atoms with Gasteiger partial charge >= 0.3 is 6.09 Å². The number of nitrogens with zero attached hydrogens (tertiary/aromatic N) is 1. The van der Waals surface area contributed by atoms with E-state index in [4.69, 9.17) is 4.74 Å². The van der Waals surface area contributed by atoms with E-state index >= 15 is 0 Å². The Labute approximate surface area is 180 Å². The van der Waals surface area contributed by atoms with Gasteiger partial charge in [-0.2, -0.15) is 0 Å². The second-order valence-electron chi connectivity index (χ2n) is 7.66. The fourth-order valence-corrected chi connectivity index (χ4v) is 3.02. The molecular formula is C16H36IN5O4S. The van der Waals surface area contributed by atoms with Gasteiger partial charge in [0.15, 0.2) is 5.96 Å². The van der Waals surface area contributed by atoms with Gasteiger partial charge in [-0.3, -0.25) is 4.99 Å². The van der Waals surface area contributed by atoms with Gasteiger partial charge in [0.2, 0.25) is 10.0 Å². The lowest BCUT2D eigenvalue weighted by Gasteiger charge is -2.23. The number of halogens is 1. The molecule has 27 heavy (non-hydrogen) atoms. The Morgan fingerprint density at radius 1 is 1.04 bits per heavy atom. The molecule has 0 rings (SSSR count). The molecule has 0 heterocycles. The van der Waals surface area contributed by atoms with Crippen LogP contribution in [0.2, 0.25) is 0 Å². The Morgan fingerprint density at radius 3 is 2.07 bits per heavy atom. The van der Waals surface area contributed by atoms with E-state index in [0.29, 0.717) is 32.0 Å². The fourth-order valence-electron chi connectivity index (χ4n) is 1.95. The van der Waals surface area contributed by atoms with Crippen LogP contribution < -0.4 is 20.7 Å². The molecule has 0 aromatic carbocycles.